The normalized spacial score (nSPS) is 28.2. The van der Waals surface area contributed by atoms with Crippen molar-refractivity contribution in [2.45, 2.75) is 24.7 Å². The van der Waals surface area contributed by atoms with Gasteiger partial charge >= 0.3 is 13.5 Å². The van der Waals surface area contributed by atoms with E-state index in [-0.39, 0.29) is 19.0 Å². The maximum Gasteiger partial charge on any atom is 0.483 e. The molecule has 15 nitrogen and oxygen atoms in total. The molecule has 0 aliphatic carbocycles. The number of hydrogen-bond acceptors (Lipinski definition) is 13. The van der Waals surface area contributed by atoms with E-state index in [4.69, 9.17) is 15.0 Å². The molecule has 2 heterocycles. The Kier molecular flexibility index (Phi) is 8.17. The second kappa shape index (κ2) is 9.73. The van der Waals surface area contributed by atoms with Crippen LogP contribution in [0.2, 0.25) is 0 Å². The molecule has 4 N–H and O–H groups in total. The maximum absolute atomic E-state index is 12.6. The van der Waals surface area contributed by atoms with E-state index in [0.717, 1.165) is 17.9 Å². The predicted octanol–water partition coefficient (Wildman–Crippen LogP) is -1.62. The molecule has 1 fully saturated rings. The Labute approximate surface area is 177 Å². The molecule has 31 heavy (non-hydrogen) atoms. The number of ether oxygens (including phenoxy) is 1. The van der Waals surface area contributed by atoms with Gasteiger partial charge in [0.25, 0.3) is 7.82 Å². The molecule has 17 heteroatoms. The average Bonchev–Trinajstić information content (AvgIpc) is 2.88. The largest absolute Gasteiger partial charge is 0.756 e. The molecular formula is C14H26N4O11P2. The van der Waals surface area contributed by atoms with Crippen molar-refractivity contribution in [2.24, 2.45) is 0 Å². The van der Waals surface area contributed by atoms with Gasteiger partial charge in [-0.25, -0.2) is 13.7 Å². The number of anilines is 1. The molecule has 0 radical (unpaired) electrons. The first-order valence-corrected chi connectivity index (χ1v) is 11.8. The number of hydrogen-bond donors (Lipinski definition) is 3. The van der Waals surface area contributed by atoms with E-state index in [0.29, 0.717) is 4.48 Å². The highest BCUT2D eigenvalue weighted by atomic mass is 31.3. The molecule has 0 amide bonds. The minimum Gasteiger partial charge on any atom is -0.756 e. The van der Waals surface area contributed by atoms with Gasteiger partial charge < -0.3 is 34.6 Å². The summed E-state index contributed by atoms with van der Waals surface area (Å²) in [6, 6.07) is 1.24. The molecule has 178 valence electrons. The molecule has 1 aromatic rings. The number of nitrogens with zero attached hydrogens (tertiary/aromatic N) is 3. The van der Waals surface area contributed by atoms with E-state index in [9.17, 15) is 29.0 Å². The van der Waals surface area contributed by atoms with Gasteiger partial charge in [0.15, 0.2) is 12.5 Å². The van der Waals surface area contributed by atoms with Crippen molar-refractivity contribution in [3.63, 3.8) is 0 Å². The topological polar surface area (TPSA) is 205 Å². The Morgan fingerprint density at radius 3 is 2.52 bits per heavy atom. The first-order chi connectivity index (χ1) is 14.2. The Bertz CT molecular complexity index is 920. The van der Waals surface area contributed by atoms with Crippen LogP contribution in [-0.2, 0) is 31.7 Å². The molecule has 1 saturated heterocycles. The third-order valence-corrected chi connectivity index (χ3v) is 7.00. The molecule has 0 aromatic carbocycles. The van der Waals surface area contributed by atoms with Gasteiger partial charge in [0.2, 0.25) is 0 Å². The summed E-state index contributed by atoms with van der Waals surface area (Å²) in [5, 5.41) is 20.3. The van der Waals surface area contributed by atoms with Crippen LogP contribution >= 0.6 is 15.6 Å². The van der Waals surface area contributed by atoms with Crippen LogP contribution in [0.5, 0.6) is 0 Å². The summed E-state index contributed by atoms with van der Waals surface area (Å²) in [4.78, 5) is 27.4. The molecule has 1 aromatic heterocycles. The highest BCUT2D eigenvalue weighted by Crippen LogP contribution is 2.62. The van der Waals surface area contributed by atoms with E-state index < -0.39 is 46.1 Å². The van der Waals surface area contributed by atoms with E-state index in [1.807, 2.05) is 0 Å². The fourth-order valence-electron chi connectivity index (χ4n) is 2.36. The number of aliphatic hydroxyl groups excluding tert-OH is 2. The lowest BCUT2D eigenvalue weighted by atomic mass is 10.2. The molecule has 1 aliphatic heterocycles. The Morgan fingerprint density at radius 1 is 1.32 bits per heavy atom. The first kappa shape index (κ1) is 26.0. The SMILES string of the molecule is COP(=O)(O[C@H]1O[C@@H](n2ccc(N)nc2=O)[C@H](O)[C@@H]1O)OP(=O)([O-])OCC[N+](C)(C)C. The van der Waals surface area contributed by atoms with Gasteiger partial charge in [-0.15, -0.1) is 0 Å². The van der Waals surface area contributed by atoms with Crippen LogP contribution < -0.4 is 16.3 Å². The van der Waals surface area contributed by atoms with Gasteiger partial charge in [-0.2, -0.15) is 4.98 Å². The predicted molar refractivity (Wildman–Crippen MR) is 102 cm³/mol. The van der Waals surface area contributed by atoms with Crippen molar-refractivity contribution < 1.29 is 51.3 Å². The number of nitrogens with two attached hydrogens (primary N) is 1. The molecule has 2 unspecified atom stereocenters. The van der Waals surface area contributed by atoms with Crippen molar-refractivity contribution in [2.75, 3.05) is 47.1 Å². The van der Waals surface area contributed by atoms with E-state index >= 15 is 0 Å². The molecule has 6 atom stereocenters. The van der Waals surface area contributed by atoms with Crippen molar-refractivity contribution in [1.29, 1.82) is 0 Å². The fraction of sp³-hybridized carbons (Fsp3) is 0.714. The number of nitrogen functional groups attached to an aromatic ring is 1. The highest BCUT2D eigenvalue weighted by Gasteiger charge is 2.49. The number of quaternary nitrogens is 1. The number of rotatable bonds is 10. The third-order valence-electron chi connectivity index (χ3n) is 3.99. The second-order valence-electron chi connectivity index (χ2n) is 7.53. The smallest absolute Gasteiger partial charge is 0.483 e. The summed E-state index contributed by atoms with van der Waals surface area (Å²) in [5.41, 5.74) is 4.49. The number of phosphoric ester groups is 2. The van der Waals surface area contributed by atoms with Crippen LogP contribution in [0.4, 0.5) is 5.82 Å². The van der Waals surface area contributed by atoms with Crippen LogP contribution in [0.3, 0.4) is 0 Å². The van der Waals surface area contributed by atoms with Crippen LogP contribution in [-0.4, -0.2) is 84.1 Å². The summed E-state index contributed by atoms with van der Waals surface area (Å²) in [6.07, 6.45) is -5.84. The summed E-state index contributed by atoms with van der Waals surface area (Å²) in [5.74, 6) is -0.0872. The first-order valence-electron chi connectivity index (χ1n) is 8.84. The van der Waals surface area contributed by atoms with Gasteiger partial charge in [-0.3, -0.25) is 18.2 Å². The van der Waals surface area contributed by atoms with Crippen LogP contribution in [0.25, 0.3) is 0 Å². The van der Waals surface area contributed by atoms with Gasteiger partial charge in [-0.1, -0.05) is 0 Å². The van der Waals surface area contributed by atoms with Crippen LogP contribution in [0.15, 0.2) is 17.1 Å². The average molecular weight is 488 g/mol. The standard InChI is InChI=1S/C14H26N4O11P2/c1-18(2,3)7-8-26-30(22,23)29-31(24,25-4)28-13-11(20)10(19)12(27-13)17-6-5-9(15)16-14(17)21/h5-6,10-13,19-20H,7-8H2,1-4H3,(H2-,15,16,21,22,23)/t10-,11+,12-,13-,31?/m1/s1. The Morgan fingerprint density at radius 2 is 1.97 bits per heavy atom. The van der Waals surface area contributed by atoms with Gasteiger partial charge in [-0.05, 0) is 6.07 Å². The van der Waals surface area contributed by atoms with Crippen molar-refractivity contribution in [3.8, 4) is 0 Å². The van der Waals surface area contributed by atoms with Crippen molar-refractivity contribution in [1.82, 2.24) is 9.55 Å². The van der Waals surface area contributed by atoms with Crippen molar-refractivity contribution in [3.05, 3.63) is 22.7 Å². The number of aliphatic hydroxyl groups is 2. The number of likely N-dealkylation sites (N-methyl/N-ethyl adjacent to an activating group) is 1. The highest BCUT2D eigenvalue weighted by molar-refractivity contribution is 7.61. The quantitative estimate of drug-likeness (QED) is 0.250. The molecule has 0 bridgehead atoms. The minimum atomic E-state index is -5.15. The summed E-state index contributed by atoms with van der Waals surface area (Å²) in [7, 11) is -3.80. The molecule has 2 rings (SSSR count). The monoisotopic (exact) mass is 488 g/mol. The minimum absolute atomic E-state index is 0.0872. The lowest BCUT2D eigenvalue weighted by Gasteiger charge is -2.29. The van der Waals surface area contributed by atoms with Crippen LogP contribution in [0.1, 0.15) is 6.23 Å². The molecule has 1 aliphatic rings. The van der Waals surface area contributed by atoms with Gasteiger partial charge in [0.05, 0.1) is 21.1 Å². The van der Waals surface area contributed by atoms with Crippen molar-refractivity contribution >= 4 is 21.5 Å². The summed E-state index contributed by atoms with van der Waals surface area (Å²) < 4.78 is 49.5. The zero-order valence-electron chi connectivity index (χ0n) is 17.3. The number of phosphoric acid groups is 2. The Balaban J connectivity index is 2.10. The lowest BCUT2D eigenvalue weighted by Crippen LogP contribution is -2.37. The van der Waals surface area contributed by atoms with E-state index in [2.05, 4.69) is 18.3 Å². The maximum atomic E-state index is 12.6. The number of aromatic nitrogens is 2. The zero-order chi connectivity index (χ0) is 23.6. The third kappa shape index (κ3) is 7.14. The molecule has 0 saturated carbocycles. The lowest BCUT2D eigenvalue weighted by molar-refractivity contribution is -0.870. The second-order valence-corrected chi connectivity index (χ2v) is 10.8. The zero-order valence-corrected chi connectivity index (χ0v) is 19.0. The summed E-state index contributed by atoms with van der Waals surface area (Å²) in [6.45, 7) is 0.0147. The van der Waals surface area contributed by atoms with Gasteiger partial charge in [0, 0.05) is 13.3 Å². The molecular weight excluding hydrogens is 462 g/mol. The molecule has 0 spiro atoms. The fourth-order valence-corrected chi connectivity index (χ4v) is 4.77. The Hall–Kier alpha value is -1.22. The van der Waals surface area contributed by atoms with Crippen LogP contribution in [0, 0.1) is 0 Å². The van der Waals surface area contributed by atoms with E-state index in [1.54, 1.807) is 21.1 Å². The summed E-state index contributed by atoms with van der Waals surface area (Å²) >= 11 is 0. The van der Waals surface area contributed by atoms with E-state index in [1.165, 1.54) is 6.07 Å². The van der Waals surface area contributed by atoms with Gasteiger partial charge in [0.1, 0.15) is 31.2 Å².